The van der Waals surface area contributed by atoms with Crippen LogP contribution in [-0.2, 0) is 0 Å². The molecule has 0 fully saturated rings. The number of imidazole rings is 1. The number of nitrogens with two attached hydrogens (primary N) is 2. The lowest BCUT2D eigenvalue weighted by Crippen LogP contribution is -2.24. The molecule has 1 amide bonds. The van der Waals surface area contributed by atoms with E-state index in [0.717, 1.165) is 0 Å². The van der Waals surface area contributed by atoms with Crippen LogP contribution < -0.4 is 11.5 Å². The Kier molecular flexibility index (Phi) is 3.60. The molecule has 0 aliphatic heterocycles. The summed E-state index contributed by atoms with van der Waals surface area (Å²) in [4.78, 5) is 33.9. The van der Waals surface area contributed by atoms with Gasteiger partial charge in [0.15, 0.2) is 11.7 Å². The molecule has 7 heteroatoms. The van der Waals surface area contributed by atoms with Crippen molar-refractivity contribution in [3.05, 3.63) is 41.7 Å². The zero-order chi connectivity index (χ0) is 14.7. The molecular formula is C13H13N5O2. The van der Waals surface area contributed by atoms with E-state index in [0.29, 0.717) is 17.0 Å². The number of Topliss-reactive ketones (excluding diaryl/α,β-unsaturated/α-hetero) is 1. The van der Waals surface area contributed by atoms with E-state index in [1.807, 2.05) is 0 Å². The Morgan fingerprint density at radius 3 is 2.60 bits per heavy atom. The van der Waals surface area contributed by atoms with Crippen molar-refractivity contribution >= 4 is 17.6 Å². The topological polar surface area (TPSA) is 127 Å². The molecule has 20 heavy (non-hydrogen) atoms. The van der Waals surface area contributed by atoms with Crippen LogP contribution in [0.2, 0.25) is 0 Å². The summed E-state index contributed by atoms with van der Waals surface area (Å²) in [5, 5.41) is 0. The quantitative estimate of drug-likeness (QED) is 0.430. The van der Waals surface area contributed by atoms with Crippen LogP contribution in [0.3, 0.4) is 0 Å². The van der Waals surface area contributed by atoms with Gasteiger partial charge in [-0.2, -0.15) is 4.99 Å². The van der Waals surface area contributed by atoms with Crippen LogP contribution >= 0.6 is 0 Å². The number of aromatic amines is 1. The normalized spacial score (nSPS) is 10.1. The number of rotatable bonds is 3. The second-order valence-electron chi connectivity index (χ2n) is 4.10. The Morgan fingerprint density at radius 2 is 2.05 bits per heavy atom. The maximum absolute atomic E-state index is 11.7. The van der Waals surface area contributed by atoms with Crippen molar-refractivity contribution in [2.24, 2.45) is 16.5 Å². The van der Waals surface area contributed by atoms with Gasteiger partial charge in [-0.05, 0) is 25.1 Å². The minimum atomic E-state index is -0.599. The first-order valence-electron chi connectivity index (χ1n) is 5.77. The SMILES string of the molecule is CC(=O)c1cc(C(=O)N=C(N)N)ccc1-c1ncc[nH]1. The van der Waals surface area contributed by atoms with Gasteiger partial charge in [0.05, 0.1) is 0 Å². The van der Waals surface area contributed by atoms with E-state index in [9.17, 15) is 9.59 Å². The lowest BCUT2D eigenvalue weighted by molar-refractivity contribution is 0.100. The first-order chi connectivity index (χ1) is 9.49. The molecule has 0 saturated carbocycles. The Bertz CT molecular complexity index is 685. The van der Waals surface area contributed by atoms with Gasteiger partial charge in [-0.3, -0.25) is 9.59 Å². The van der Waals surface area contributed by atoms with E-state index in [1.165, 1.54) is 13.0 Å². The molecule has 1 aromatic carbocycles. The predicted octanol–water partition coefficient (Wildman–Crippen LogP) is 0.693. The van der Waals surface area contributed by atoms with Crippen molar-refractivity contribution in [1.82, 2.24) is 9.97 Å². The molecule has 1 heterocycles. The van der Waals surface area contributed by atoms with Crippen LogP contribution in [0.4, 0.5) is 0 Å². The molecule has 0 aliphatic rings. The maximum Gasteiger partial charge on any atom is 0.280 e. The highest BCUT2D eigenvalue weighted by molar-refractivity contribution is 6.06. The van der Waals surface area contributed by atoms with Crippen LogP contribution in [-0.4, -0.2) is 27.6 Å². The van der Waals surface area contributed by atoms with Crippen molar-refractivity contribution < 1.29 is 9.59 Å². The average molecular weight is 271 g/mol. The van der Waals surface area contributed by atoms with Gasteiger partial charge in [0.25, 0.3) is 5.91 Å². The smallest absolute Gasteiger partial charge is 0.280 e. The van der Waals surface area contributed by atoms with E-state index in [4.69, 9.17) is 11.5 Å². The van der Waals surface area contributed by atoms with Crippen molar-refractivity contribution in [1.29, 1.82) is 0 Å². The van der Waals surface area contributed by atoms with Crippen LogP contribution in [0, 0.1) is 0 Å². The number of nitrogens with one attached hydrogen (secondary N) is 1. The molecule has 5 N–H and O–H groups in total. The van der Waals surface area contributed by atoms with Gasteiger partial charge in [0.1, 0.15) is 5.82 Å². The maximum atomic E-state index is 11.7. The predicted molar refractivity (Wildman–Crippen MR) is 74.2 cm³/mol. The molecule has 2 aromatic rings. The van der Waals surface area contributed by atoms with Crippen LogP contribution in [0.25, 0.3) is 11.4 Å². The number of ketones is 1. The third-order valence-electron chi connectivity index (χ3n) is 2.63. The highest BCUT2D eigenvalue weighted by atomic mass is 16.1. The van der Waals surface area contributed by atoms with Gasteiger partial charge in [-0.25, -0.2) is 4.98 Å². The van der Waals surface area contributed by atoms with Gasteiger partial charge in [0, 0.05) is 29.1 Å². The third-order valence-corrected chi connectivity index (χ3v) is 2.63. The van der Waals surface area contributed by atoms with Gasteiger partial charge in [0.2, 0.25) is 0 Å². The number of guanidine groups is 1. The van der Waals surface area contributed by atoms with Crippen LogP contribution in [0.5, 0.6) is 0 Å². The molecule has 102 valence electrons. The highest BCUT2D eigenvalue weighted by Gasteiger charge is 2.14. The molecule has 0 bridgehead atoms. The Hall–Kier alpha value is -2.96. The fourth-order valence-electron chi connectivity index (χ4n) is 1.77. The average Bonchev–Trinajstić information content (AvgIpc) is 2.90. The lowest BCUT2D eigenvalue weighted by Gasteiger charge is -2.06. The molecule has 0 spiro atoms. The number of amides is 1. The van der Waals surface area contributed by atoms with E-state index in [1.54, 1.807) is 24.5 Å². The molecule has 0 atom stereocenters. The number of carbonyl (C=O) groups is 2. The van der Waals surface area contributed by atoms with Gasteiger partial charge >= 0.3 is 0 Å². The molecule has 7 nitrogen and oxygen atoms in total. The van der Waals surface area contributed by atoms with Crippen molar-refractivity contribution in [2.75, 3.05) is 0 Å². The number of aromatic nitrogens is 2. The second kappa shape index (κ2) is 5.35. The fourth-order valence-corrected chi connectivity index (χ4v) is 1.77. The number of benzene rings is 1. The summed E-state index contributed by atoms with van der Waals surface area (Å²) in [5.74, 6) is -0.556. The van der Waals surface area contributed by atoms with Crippen LogP contribution in [0.1, 0.15) is 27.6 Å². The second-order valence-corrected chi connectivity index (χ2v) is 4.10. The van der Waals surface area contributed by atoms with Crippen molar-refractivity contribution in [3.8, 4) is 11.4 Å². The summed E-state index contributed by atoms with van der Waals surface area (Å²) in [5.41, 5.74) is 11.5. The number of aliphatic imine (C=N–C) groups is 1. The van der Waals surface area contributed by atoms with E-state index >= 15 is 0 Å². The number of carbonyl (C=O) groups excluding carboxylic acids is 2. The van der Waals surface area contributed by atoms with E-state index in [2.05, 4.69) is 15.0 Å². The first kappa shape index (κ1) is 13.5. The summed E-state index contributed by atoms with van der Waals surface area (Å²) in [6, 6.07) is 4.62. The molecular weight excluding hydrogens is 258 g/mol. The molecule has 1 aromatic heterocycles. The summed E-state index contributed by atoms with van der Waals surface area (Å²) in [6.45, 7) is 1.41. The molecule has 0 unspecified atom stereocenters. The largest absolute Gasteiger partial charge is 0.370 e. The molecule has 0 radical (unpaired) electrons. The Balaban J connectivity index is 2.51. The molecule has 0 saturated heterocycles. The van der Waals surface area contributed by atoms with Gasteiger partial charge in [-0.1, -0.05) is 0 Å². The number of H-pyrrole nitrogens is 1. The van der Waals surface area contributed by atoms with Crippen molar-refractivity contribution in [2.45, 2.75) is 6.92 Å². The third kappa shape index (κ3) is 2.72. The lowest BCUT2D eigenvalue weighted by atomic mass is 10.0. The summed E-state index contributed by atoms with van der Waals surface area (Å²) in [6.07, 6.45) is 3.23. The zero-order valence-electron chi connectivity index (χ0n) is 10.8. The molecule has 2 rings (SSSR count). The highest BCUT2D eigenvalue weighted by Crippen LogP contribution is 2.22. The van der Waals surface area contributed by atoms with Crippen LogP contribution in [0.15, 0.2) is 35.6 Å². The monoisotopic (exact) mass is 271 g/mol. The van der Waals surface area contributed by atoms with E-state index < -0.39 is 5.91 Å². The van der Waals surface area contributed by atoms with Gasteiger partial charge < -0.3 is 16.5 Å². The molecule has 0 aliphatic carbocycles. The summed E-state index contributed by atoms with van der Waals surface area (Å²) in [7, 11) is 0. The number of nitrogens with zero attached hydrogens (tertiary/aromatic N) is 2. The Morgan fingerprint density at radius 1 is 1.30 bits per heavy atom. The minimum Gasteiger partial charge on any atom is -0.370 e. The van der Waals surface area contributed by atoms with Gasteiger partial charge in [-0.15, -0.1) is 0 Å². The number of hydrogen-bond donors (Lipinski definition) is 3. The standard InChI is InChI=1S/C13H13N5O2/c1-7(19)10-6-8(12(20)18-13(14)15)2-3-9(10)11-16-4-5-17-11/h2-6H,1H3,(H,16,17)(H4,14,15,18,20). The fraction of sp³-hybridized carbons (Fsp3) is 0.0769. The van der Waals surface area contributed by atoms with Crippen molar-refractivity contribution in [3.63, 3.8) is 0 Å². The summed E-state index contributed by atoms with van der Waals surface area (Å²) < 4.78 is 0. The first-order valence-corrected chi connectivity index (χ1v) is 5.77. The van der Waals surface area contributed by atoms with E-state index in [-0.39, 0.29) is 17.3 Å². The number of hydrogen-bond acceptors (Lipinski definition) is 3. The zero-order valence-corrected chi connectivity index (χ0v) is 10.8. The Labute approximate surface area is 114 Å². The minimum absolute atomic E-state index is 0.184. The summed E-state index contributed by atoms with van der Waals surface area (Å²) >= 11 is 0.